The quantitative estimate of drug-likeness (QED) is 0.712. The highest BCUT2D eigenvalue weighted by molar-refractivity contribution is 5.92. The number of nitrogens with zero attached hydrogens (tertiary/aromatic N) is 5. The van der Waals surface area contributed by atoms with Gasteiger partial charge in [-0.1, -0.05) is 18.2 Å². The SMILES string of the molecule is Cn1nccc1C(=O)N1CCCC(c2cncc(Oc3ccccc3)n2)C1. The van der Waals surface area contributed by atoms with Crippen LogP contribution in [0.4, 0.5) is 0 Å². The maximum atomic E-state index is 12.8. The zero-order valence-corrected chi connectivity index (χ0v) is 15.2. The van der Waals surface area contributed by atoms with Crippen LogP contribution >= 0.6 is 0 Å². The van der Waals surface area contributed by atoms with Gasteiger partial charge >= 0.3 is 0 Å². The van der Waals surface area contributed by atoms with Gasteiger partial charge in [-0.05, 0) is 31.0 Å². The molecule has 1 aliphatic rings. The van der Waals surface area contributed by atoms with E-state index in [1.165, 1.54) is 0 Å². The molecule has 1 atom stereocenters. The number of aromatic nitrogens is 4. The Morgan fingerprint density at radius 1 is 1.19 bits per heavy atom. The molecule has 1 aliphatic heterocycles. The van der Waals surface area contributed by atoms with Crippen molar-refractivity contribution in [3.05, 3.63) is 66.4 Å². The summed E-state index contributed by atoms with van der Waals surface area (Å²) in [6.07, 6.45) is 6.92. The van der Waals surface area contributed by atoms with Gasteiger partial charge in [0.05, 0.1) is 11.9 Å². The Morgan fingerprint density at radius 2 is 2.04 bits per heavy atom. The second-order valence-corrected chi connectivity index (χ2v) is 6.63. The van der Waals surface area contributed by atoms with Crippen molar-refractivity contribution in [2.45, 2.75) is 18.8 Å². The Hall–Kier alpha value is -3.22. The third-order valence-corrected chi connectivity index (χ3v) is 4.76. The summed E-state index contributed by atoms with van der Waals surface area (Å²) in [6, 6.07) is 11.3. The molecule has 3 aromatic rings. The molecule has 1 unspecified atom stereocenters. The molecule has 7 heteroatoms. The number of aryl methyl sites for hydroxylation is 1. The standard InChI is InChI=1S/C20H21N5O2/c1-24-18(9-10-22-24)20(26)25-11-5-6-15(14-25)17-12-21-13-19(23-17)27-16-7-3-2-4-8-16/h2-4,7-10,12-13,15H,5-6,11,14H2,1H3. The minimum atomic E-state index is 0.00403. The van der Waals surface area contributed by atoms with Gasteiger partial charge in [0.15, 0.2) is 0 Å². The molecule has 1 aromatic carbocycles. The number of hydrogen-bond acceptors (Lipinski definition) is 5. The summed E-state index contributed by atoms with van der Waals surface area (Å²) in [5, 5.41) is 4.09. The summed E-state index contributed by atoms with van der Waals surface area (Å²) in [5.41, 5.74) is 1.45. The molecule has 1 amide bonds. The van der Waals surface area contributed by atoms with E-state index in [0.29, 0.717) is 18.1 Å². The molecule has 0 N–H and O–H groups in total. The number of piperidine rings is 1. The van der Waals surface area contributed by atoms with Crippen LogP contribution in [-0.2, 0) is 7.05 Å². The summed E-state index contributed by atoms with van der Waals surface area (Å²) >= 11 is 0. The lowest BCUT2D eigenvalue weighted by molar-refractivity contribution is 0.0694. The van der Waals surface area contributed by atoms with Crippen LogP contribution in [-0.4, -0.2) is 43.6 Å². The molecule has 7 nitrogen and oxygen atoms in total. The van der Waals surface area contributed by atoms with Crippen LogP contribution in [0.2, 0.25) is 0 Å². The van der Waals surface area contributed by atoms with Crippen LogP contribution in [0.1, 0.15) is 34.9 Å². The predicted octanol–water partition coefficient (Wildman–Crippen LogP) is 3.02. The fraction of sp³-hybridized carbons (Fsp3) is 0.300. The molecule has 27 heavy (non-hydrogen) atoms. The van der Waals surface area contributed by atoms with Gasteiger partial charge in [0.2, 0.25) is 5.88 Å². The van der Waals surface area contributed by atoms with E-state index in [1.807, 2.05) is 35.2 Å². The predicted molar refractivity (Wildman–Crippen MR) is 99.6 cm³/mol. The largest absolute Gasteiger partial charge is 0.437 e. The minimum absolute atomic E-state index is 0.00403. The first kappa shape index (κ1) is 17.2. The summed E-state index contributed by atoms with van der Waals surface area (Å²) in [4.78, 5) is 23.6. The lowest BCUT2D eigenvalue weighted by Crippen LogP contribution is -2.40. The number of rotatable bonds is 4. The normalized spacial score (nSPS) is 16.9. The number of benzene rings is 1. The van der Waals surface area contributed by atoms with Crippen LogP contribution in [0.5, 0.6) is 11.6 Å². The Balaban J connectivity index is 1.49. The highest BCUT2D eigenvalue weighted by Crippen LogP contribution is 2.28. The van der Waals surface area contributed by atoms with Crippen molar-refractivity contribution in [2.75, 3.05) is 13.1 Å². The first-order chi connectivity index (χ1) is 13.2. The Morgan fingerprint density at radius 3 is 2.81 bits per heavy atom. The molecule has 0 aliphatic carbocycles. The summed E-state index contributed by atoms with van der Waals surface area (Å²) < 4.78 is 7.40. The lowest BCUT2D eigenvalue weighted by Gasteiger charge is -2.32. The number of para-hydroxylation sites is 1. The Labute approximate surface area is 157 Å². The molecule has 1 saturated heterocycles. The van der Waals surface area contributed by atoms with E-state index >= 15 is 0 Å². The molecule has 0 saturated carbocycles. The third-order valence-electron chi connectivity index (χ3n) is 4.76. The van der Waals surface area contributed by atoms with Gasteiger partial charge in [-0.3, -0.25) is 14.5 Å². The zero-order valence-electron chi connectivity index (χ0n) is 15.2. The second-order valence-electron chi connectivity index (χ2n) is 6.63. The number of ether oxygens (including phenoxy) is 1. The van der Waals surface area contributed by atoms with Crippen molar-refractivity contribution in [3.8, 4) is 11.6 Å². The van der Waals surface area contributed by atoms with E-state index in [2.05, 4.69) is 15.1 Å². The van der Waals surface area contributed by atoms with Crippen LogP contribution in [0.15, 0.2) is 55.0 Å². The minimum Gasteiger partial charge on any atom is -0.437 e. The average molecular weight is 363 g/mol. The molecular weight excluding hydrogens is 342 g/mol. The third kappa shape index (κ3) is 3.81. The maximum Gasteiger partial charge on any atom is 0.272 e. The monoisotopic (exact) mass is 363 g/mol. The number of hydrogen-bond donors (Lipinski definition) is 0. The van der Waals surface area contributed by atoms with Crippen molar-refractivity contribution in [2.24, 2.45) is 7.05 Å². The lowest BCUT2D eigenvalue weighted by atomic mass is 9.95. The van der Waals surface area contributed by atoms with Crippen molar-refractivity contribution in [3.63, 3.8) is 0 Å². The number of carbonyl (C=O) groups excluding carboxylic acids is 1. The van der Waals surface area contributed by atoms with Crippen LogP contribution in [0.25, 0.3) is 0 Å². The van der Waals surface area contributed by atoms with Gasteiger partial charge in [0.1, 0.15) is 11.4 Å². The van der Waals surface area contributed by atoms with Gasteiger partial charge in [0.25, 0.3) is 5.91 Å². The first-order valence-corrected chi connectivity index (χ1v) is 9.03. The highest BCUT2D eigenvalue weighted by Gasteiger charge is 2.28. The van der Waals surface area contributed by atoms with Crippen molar-refractivity contribution >= 4 is 5.91 Å². The van der Waals surface area contributed by atoms with Crippen molar-refractivity contribution < 1.29 is 9.53 Å². The number of likely N-dealkylation sites (tertiary alicyclic amines) is 1. The van der Waals surface area contributed by atoms with Crippen molar-refractivity contribution in [1.29, 1.82) is 0 Å². The van der Waals surface area contributed by atoms with E-state index in [9.17, 15) is 4.79 Å². The second kappa shape index (κ2) is 7.57. The molecule has 0 radical (unpaired) electrons. The summed E-state index contributed by atoms with van der Waals surface area (Å²) in [6.45, 7) is 1.36. The maximum absolute atomic E-state index is 12.8. The summed E-state index contributed by atoms with van der Waals surface area (Å²) in [5.74, 6) is 1.33. The van der Waals surface area contributed by atoms with Crippen molar-refractivity contribution in [1.82, 2.24) is 24.6 Å². The van der Waals surface area contributed by atoms with E-state index in [4.69, 9.17) is 4.74 Å². The van der Waals surface area contributed by atoms with Gasteiger partial charge in [-0.15, -0.1) is 0 Å². The molecule has 3 heterocycles. The topological polar surface area (TPSA) is 73.1 Å². The van der Waals surface area contributed by atoms with Crippen LogP contribution in [0, 0.1) is 0 Å². The molecule has 1 fully saturated rings. The smallest absolute Gasteiger partial charge is 0.272 e. The van der Waals surface area contributed by atoms with Gasteiger partial charge in [-0.2, -0.15) is 5.10 Å². The van der Waals surface area contributed by atoms with Gasteiger partial charge in [-0.25, -0.2) is 4.98 Å². The van der Waals surface area contributed by atoms with Crippen LogP contribution in [0.3, 0.4) is 0 Å². The van der Waals surface area contributed by atoms with E-state index in [0.717, 1.165) is 30.8 Å². The average Bonchev–Trinajstić information content (AvgIpc) is 3.14. The Kier molecular flexibility index (Phi) is 4.82. The van der Waals surface area contributed by atoms with Gasteiger partial charge < -0.3 is 9.64 Å². The van der Waals surface area contributed by atoms with E-state index in [1.54, 1.807) is 36.4 Å². The first-order valence-electron chi connectivity index (χ1n) is 9.03. The van der Waals surface area contributed by atoms with E-state index in [-0.39, 0.29) is 11.8 Å². The number of amides is 1. The fourth-order valence-corrected chi connectivity index (χ4v) is 3.37. The van der Waals surface area contributed by atoms with Gasteiger partial charge in [0, 0.05) is 38.4 Å². The highest BCUT2D eigenvalue weighted by atomic mass is 16.5. The van der Waals surface area contributed by atoms with E-state index < -0.39 is 0 Å². The molecule has 0 spiro atoms. The zero-order chi connectivity index (χ0) is 18.6. The molecule has 138 valence electrons. The molecule has 4 rings (SSSR count). The molecule has 2 aromatic heterocycles. The summed E-state index contributed by atoms with van der Waals surface area (Å²) in [7, 11) is 1.78. The fourth-order valence-electron chi connectivity index (χ4n) is 3.37. The molecular formula is C20H21N5O2. The molecule has 0 bridgehead atoms. The van der Waals surface area contributed by atoms with Crippen LogP contribution < -0.4 is 4.74 Å². The Bertz CT molecular complexity index is 925. The number of carbonyl (C=O) groups is 1.